The largest absolute Gasteiger partial charge is 0.456 e. The lowest BCUT2D eigenvalue weighted by atomic mass is 10.2. The number of carbonyl (C=O) groups excluding carboxylic acids is 2. The number of halogens is 1. The molecule has 124 valence electrons. The molecule has 0 unspecified atom stereocenters. The van der Waals surface area contributed by atoms with Gasteiger partial charge in [-0.25, -0.2) is 14.2 Å². The van der Waals surface area contributed by atoms with E-state index in [1.165, 1.54) is 18.2 Å². The zero-order valence-electron chi connectivity index (χ0n) is 13.1. The molecular weight excluding hydrogens is 311 g/mol. The molecule has 0 N–H and O–H groups in total. The molecule has 1 aromatic carbocycles. The number of pyridine rings is 1. The molecule has 6 heteroatoms. The van der Waals surface area contributed by atoms with Crippen molar-refractivity contribution in [2.45, 2.75) is 19.4 Å². The van der Waals surface area contributed by atoms with Crippen LogP contribution in [-0.2, 0) is 11.3 Å². The van der Waals surface area contributed by atoms with E-state index in [4.69, 9.17) is 4.74 Å². The molecule has 0 radical (unpaired) electrons. The van der Waals surface area contributed by atoms with Gasteiger partial charge in [-0.1, -0.05) is 18.2 Å². The third kappa shape index (κ3) is 3.76. The van der Waals surface area contributed by atoms with Gasteiger partial charge in [0.1, 0.15) is 23.8 Å². The maximum absolute atomic E-state index is 13.1. The van der Waals surface area contributed by atoms with Gasteiger partial charge in [-0.3, -0.25) is 4.79 Å². The average Bonchev–Trinajstić information content (AvgIpc) is 3.14. The Balaban J connectivity index is 1.66. The van der Waals surface area contributed by atoms with Gasteiger partial charge in [0, 0.05) is 13.1 Å². The molecule has 2 heterocycles. The summed E-state index contributed by atoms with van der Waals surface area (Å²) in [4.78, 5) is 30.2. The number of carbonyl (C=O) groups is 2. The van der Waals surface area contributed by atoms with E-state index in [1.54, 1.807) is 29.2 Å². The number of nitrogens with zero attached hydrogens (tertiary/aromatic N) is 2. The van der Waals surface area contributed by atoms with Crippen molar-refractivity contribution in [1.29, 1.82) is 0 Å². The van der Waals surface area contributed by atoms with Gasteiger partial charge in [0.15, 0.2) is 0 Å². The number of esters is 1. The molecule has 0 aliphatic carbocycles. The van der Waals surface area contributed by atoms with Gasteiger partial charge in [-0.05, 0) is 42.7 Å². The molecule has 5 nitrogen and oxygen atoms in total. The third-order valence-corrected chi connectivity index (χ3v) is 3.83. The van der Waals surface area contributed by atoms with Gasteiger partial charge >= 0.3 is 5.97 Å². The summed E-state index contributed by atoms with van der Waals surface area (Å²) in [7, 11) is 0. The van der Waals surface area contributed by atoms with Gasteiger partial charge in [0.25, 0.3) is 5.91 Å². The Hall–Kier alpha value is -2.76. The van der Waals surface area contributed by atoms with E-state index in [0.29, 0.717) is 5.56 Å². The fraction of sp³-hybridized carbons (Fsp3) is 0.278. The number of likely N-dealkylation sites (tertiary alicyclic amines) is 1. The van der Waals surface area contributed by atoms with Crippen molar-refractivity contribution in [1.82, 2.24) is 9.88 Å². The molecule has 3 rings (SSSR count). The quantitative estimate of drug-likeness (QED) is 0.810. The summed E-state index contributed by atoms with van der Waals surface area (Å²) in [5, 5.41) is 0. The lowest BCUT2D eigenvalue weighted by Crippen LogP contribution is -2.28. The highest BCUT2D eigenvalue weighted by molar-refractivity contribution is 5.94. The van der Waals surface area contributed by atoms with E-state index in [9.17, 15) is 14.0 Å². The number of amides is 1. The molecule has 0 saturated carbocycles. The van der Waals surface area contributed by atoms with E-state index in [0.717, 1.165) is 25.9 Å². The topological polar surface area (TPSA) is 59.5 Å². The van der Waals surface area contributed by atoms with Crippen molar-refractivity contribution in [2.75, 3.05) is 13.1 Å². The SMILES string of the molecule is O=C(OCc1cccc(F)c1)c1cccc(C(=O)N2CCCC2)n1. The van der Waals surface area contributed by atoms with Crippen LogP contribution in [0.3, 0.4) is 0 Å². The van der Waals surface area contributed by atoms with Gasteiger partial charge in [0.05, 0.1) is 0 Å². The maximum atomic E-state index is 13.1. The summed E-state index contributed by atoms with van der Waals surface area (Å²) in [6.45, 7) is 1.38. The molecule has 1 saturated heterocycles. The van der Waals surface area contributed by atoms with Crippen LogP contribution in [0.5, 0.6) is 0 Å². The number of rotatable bonds is 4. The number of ether oxygens (including phenoxy) is 1. The number of hydrogen-bond donors (Lipinski definition) is 0. The van der Waals surface area contributed by atoms with E-state index in [1.807, 2.05) is 0 Å². The highest BCUT2D eigenvalue weighted by atomic mass is 19.1. The number of hydrogen-bond acceptors (Lipinski definition) is 4. The minimum Gasteiger partial charge on any atom is -0.456 e. The van der Waals surface area contributed by atoms with Crippen LogP contribution in [0.2, 0.25) is 0 Å². The maximum Gasteiger partial charge on any atom is 0.357 e. The fourth-order valence-electron chi connectivity index (χ4n) is 2.60. The zero-order chi connectivity index (χ0) is 16.9. The molecule has 1 amide bonds. The monoisotopic (exact) mass is 328 g/mol. The van der Waals surface area contributed by atoms with Crippen LogP contribution < -0.4 is 0 Å². The second-order valence-corrected chi connectivity index (χ2v) is 5.61. The molecule has 1 fully saturated rings. The Bertz CT molecular complexity index is 757. The van der Waals surface area contributed by atoms with Gasteiger partial charge < -0.3 is 9.64 Å². The fourth-order valence-corrected chi connectivity index (χ4v) is 2.60. The highest BCUT2D eigenvalue weighted by Crippen LogP contribution is 2.13. The predicted molar refractivity (Wildman–Crippen MR) is 84.9 cm³/mol. The lowest BCUT2D eigenvalue weighted by Gasteiger charge is -2.14. The summed E-state index contributed by atoms with van der Waals surface area (Å²) < 4.78 is 18.2. The minimum atomic E-state index is -0.643. The minimum absolute atomic E-state index is 0.0530. The molecule has 1 aliphatic heterocycles. The Morgan fingerprint density at radius 2 is 1.79 bits per heavy atom. The number of aromatic nitrogens is 1. The summed E-state index contributed by atoms with van der Waals surface area (Å²) in [5.41, 5.74) is 0.848. The van der Waals surface area contributed by atoms with Crippen LogP contribution in [0, 0.1) is 5.82 Å². The molecular formula is C18H17FN2O3. The smallest absolute Gasteiger partial charge is 0.357 e. The van der Waals surface area contributed by atoms with Crippen LogP contribution in [0.15, 0.2) is 42.5 Å². The predicted octanol–water partition coefficient (Wildman–Crippen LogP) is 2.81. The average molecular weight is 328 g/mol. The van der Waals surface area contributed by atoms with E-state index >= 15 is 0 Å². The summed E-state index contributed by atoms with van der Waals surface area (Å²) in [6.07, 6.45) is 1.97. The highest BCUT2D eigenvalue weighted by Gasteiger charge is 2.21. The summed E-state index contributed by atoms with van der Waals surface area (Å²) in [6, 6.07) is 10.5. The molecule has 0 bridgehead atoms. The molecule has 24 heavy (non-hydrogen) atoms. The van der Waals surface area contributed by atoms with E-state index in [-0.39, 0.29) is 29.7 Å². The summed E-state index contributed by atoms with van der Waals surface area (Å²) >= 11 is 0. The Kier molecular flexibility index (Phi) is 4.84. The lowest BCUT2D eigenvalue weighted by molar-refractivity contribution is 0.0465. The molecule has 2 aromatic rings. The van der Waals surface area contributed by atoms with Crippen molar-refractivity contribution in [3.63, 3.8) is 0 Å². The van der Waals surface area contributed by atoms with Crippen LogP contribution in [-0.4, -0.2) is 34.8 Å². The molecule has 1 aliphatic rings. The first-order valence-electron chi connectivity index (χ1n) is 7.81. The van der Waals surface area contributed by atoms with E-state index < -0.39 is 5.97 Å². The van der Waals surface area contributed by atoms with Crippen molar-refractivity contribution in [2.24, 2.45) is 0 Å². The second kappa shape index (κ2) is 7.21. The Morgan fingerprint density at radius 1 is 1.08 bits per heavy atom. The standard InChI is InChI=1S/C18H17FN2O3/c19-14-6-3-5-13(11-14)12-24-18(23)16-8-4-7-15(20-16)17(22)21-9-1-2-10-21/h3-8,11H,1-2,9-10,12H2. The Morgan fingerprint density at radius 3 is 2.54 bits per heavy atom. The summed E-state index contributed by atoms with van der Waals surface area (Å²) in [5.74, 6) is -1.21. The van der Waals surface area contributed by atoms with Crippen LogP contribution in [0.4, 0.5) is 4.39 Å². The number of benzene rings is 1. The van der Waals surface area contributed by atoms with Crippen LogP contribution in [0.25, 0.3) is 0 Å². The van der Waals surface area contributed by atoms with Crippen LogP contribution >= 0.6 is 0 Å². The normalized spacial score (nSPS) is 13.8. The molecule has 0 atom stereocenters. The Labute approximate surface area is 139 Å². The third-order valence-electron chi connectivity index (χ3n) is 3.83. The van der Waals surface area contributed by atoms with Crippen molar-refractivity contribution >= 4 is 11.9 Å². The first-order valence-corrected chi connectivity index (χ1v) is 7.81. The molecule has 0 spiro atoms. The van der Waals surface area contributed by atoms with Gasteiger partial charge in [-0.15, -0.1) is 0 Å². The van der Waals surface area contributed by atoms with Crippen molar-refractivity contribution < 1.29 is 18.7 Å². The second-order valence-electron chi connectivity index (χ2n) is 5.61. The first kappa shape index (κ1) is 16.1. The molecule has 1 aromatic heterocycles. The van der Waals surface area contributed by atoms with E-state index in [2.05, 4.69) is 4.98 Å². The van der Waals surface area contributed by atoms with Gasteiger partial charge in [-0.2, -0.15) is 0 Å². The van der Waals surface area contributed by atoms with Crippen molar-refractivity contribution in [3.05, 3.63) is 65.2 Å². The van der Waals surface area contributed by atoms with Crippen LogP contribution in [0.1, 0.15) is 39.4 Å². The zero-order valence-corrected chi connectivity index (χ0v) is 13.1. The first-order chi connectivity index (χ1) is 11.6. The van der Waals surface area contributed by atoms with Crippen molar-refractivity contribution in [3.8, 4) is 0 Å². The van der Waals surface area contributed by atoms with Gasteiger partial charge in [0.2, 0.25) is 0 Å².